The van der Waals surface area contributed by atoms with Gasteiger partial charge in [0, 0.05) is 17.4 Å². The molecule has 0 amide bonds. The van der Waals surface area contributed by atoms with Crippen LogP contribution in [0.1, 0.15) is 37.7 Å². The molecule has 0 aliphatic heterocycles. The Labute approximate surface area is 156 Å². The number of rotatable bonds is 6. The highest BCUT2D eigenvalue weighted by molar-refractivity contribution is 5.85. The van der Waals surface area contributed by atoms with Crippen LogP contribution in [0, 0.1) is 5.82 Å². The van der Waals surface area contributed by atoms with Crippen LogP contribution in [0.3, 0.4) is 0 Å². The second-order valence-corrected chi connectivity index (χ2v) is 7.04. The highest BCUT2D eigenvalue weighted by Gasteiger charge is 2.22. The summed E-state index contributed by atoms with van der Waals surface area (Å²) in [5.74, 6) is -1.08. The summed E-state index contributed by atoms with van der Waals surface area (Å²) in [5.41, 5.74) is 3.04. The van der Waals surface area contributed by atoms with Crippen LogP contribution >= 0.6 is 0 Å². The first-order valence-electron chi connectivity index (χ1n) is 9.24. The van der Waals surface area contributed by atoms with Gasteiger partial charge in [0.25, 0.3) is 0 Å². The number of fused-ring (bicyclic) bond motifs is 1. The Morgan fingerprint density at radius 1 is 1.26 bits per heavy atom. The van der Waals surface area contributed by atoms with Gasteiger partial charge in [-0.3, -0.25) is 9.89 Å². The van der Waals surface area contributed by atoms with E-state index < -0.39 is 11.8 Å². The number of aromatic nitrogens is 2. The number of aryl methyl sites for hydroxylation is 1. The number of H-pyrrole nitrogens is 1. The van der Waals surface area contributed by atoms with Gasteiger partial charge in [-0.2, -0.15) is 5.10 Å². The highest BCUT2D eigenvalue weighted by Crippen LogP contribution is 2.37. The number of hydrogen-bond donors (Lipinski definition) is 2. The third-order valence-corrected chi connectivity index (χ3v) is 5.07. The van der Waals surface area contributed by atoms with Crippen LogP contribution in [0.15, 0.2) is 36.5 Å². The molecular formula is C21H21FN2O3. The summed E-state index contributed by atoms with van der Waals surface area (Å²) in [4.78, 5) is 10.9. The fourth-order valence-electron chi connectivity index (χ4n) is 3.66. The van der Waals surface area contributed by atoms with Gasteiger partial charge in [0.15, 0.2) is 11.6 Å². The van der Waals surface area contributed by atoms with Crippen molar-refractivity contribution in [2.24, 2.45) is 0 Å². The van der Waals surface area contributed by atoms with E-state index in [1.54, 1.807) is 6.20 Å². The highest BCUT2D eigenvalue weighted by atomic mass is 19.1. The molecule has 0 unspecified atom stereocenters. The average Bonchev–Trinajstić information content (AvgIpc) is 3.32. The SMILES string of the molecule is O=C(O)CCc1cc(F)c(OC2CCCC2)c(-c2ccc3[nH]ncc3c2)c1. The molecule has 2 N–H and O–H groups in total. The van der Waals surface area contributed by atoms with Crippen molar-refractivity contribution in [3.63, 3.8) is 0 Å². The molecule has 1 aliphatic carbocycles. The van der Waals surface area contributed by atoms with Gasteiger partial charge in [-0.05, 0) is 67.5 Å². The first kappa shape index (κ1) is 17.5. The Kier molecular flexibility index (Phi) is 4.79. The minimum absolute atomic E-state index is 0.0285. The smallest absolute Gasteiger partial charge is 0.303 e. The molecule has 6 heteroatoms. The summed E-state index contributed by atoms with van der Waals surface area (Å²) in [6, 6.07) is 8.98. The van der Waals surface area contributed by atoms with Gasteiger partial charge in [0.1, 0.15) is 0 Å². The zero-order chi connectivity index (χ0) is 18.8. The van der Waals surface area contributed by atoms with E-state index in [1.807, 2.05) is 24.3 Å². The van der Waals surface area contributed by atoms with Crippen LogP contribution in [0.25, 0.3) is 22.0 Å². The normalized spacial score (nSPS) is 14.7. The summed E-state index contributed by atoms with van der Waals surface area (Å²) >= 11 is 0. The molecule has 2 aromatic carbocycles. The van der Waals surface area contributed by atoms with E-state index in [-0.39, 0.29) is 24.7 Å². The Bertz CT molecular complexity index is 977. The molecule has 0 atom stereocenters. The van der Waals surface area contributed by atoms with Crippen molar-refractivity contribution in [1.82, 2.24) is 10.2 Å². The molecule has 4 rings (SSSR count). The number of aromatic amines is 1. The van der Waals surface area contributed by atoms with E-state index in [0.29, 0.717) is 11.1 Å². The van der Waals surface area contributed by atoms with Crippen LogP contribution in [0.2, 0.25) is 0 Å². The van der Waals surface area contributed by atoms with Crippen molar-refractivity contribution >= 4 is 16.9 Å². The van der Waals surface area contributed by atoms with Crippen molar-refractivity contribution in [3.8, 4) is 16.9 Å². The first-order chi connectivity index (χ1) is 13.1. The van der Waals surface area contributed by atoms with Crippen LogP contribution in [0.5, 0.6) is 5.75 Å². The Morgan fingerprint density at radius 3 is 2.85 bits per heavy atom. The van der Waals surface area contributed by atoms with Crippen molar-refractivity contribution in [1.29, 1.82) is 0 Å². The van der Waals surface area contributed by atoms with Gasteiger partial charge in [-0.15, -0.1) is 0 Å². The quantitative estimate of drug-likeness (QED) is 0.661. The number of ether oxygens (including phenoxy) is 1. The number of hydrogen-bond acceptors (Lipinski definition) is 3. The third kappa shape index (κ3) is 3.79. The van der Waals surface area contributed by atoms with Gasteiger partial charge >= 0.3 is 5.97 Å². The molecule has 1 aromatic heterocycles. The van der Waals surface area contributed by atoms with Crippen LogP contribution in [-0.2, 0) is 11.2 Å². The van der Waals surface area contributed by atoms with Gasteiger partial charge in [-0.25, -0.2) is 4.39 Å². The lowest BCUT2D eigenvalue weighted by molar-refractivity contribution is -0.136. The molecule has 1 heterocycles. The molecule has 0 bridgehead atoms. The van der Waals surface area contributed by atoms with Gasteiger partial charge in [-0.1, -0.05) is 6.07 Å². The molecule has 0 spiro atoms. The lowest BCUT2D eigenvalue weighted by atomic mass is 9.98. The number of benzene rings is 2. The number of aliphatic carboxylic acids is 1. The fraction of sp³-hybridized carbons (Fsp3) is 0.333. The van der Waals surface area contributed by atoms with Crippen LogP contribution in [0.4, 0.5) is 4.39 Å². The van der Waals surface area contributed by atoms with Crippen LogP contribution < -0.4 is 4.74 Å². The number of carbonyl (C=O) groups is 1. The van der Waals surface area contributed by atoms with Crippen molar-refractivity contribution in [3.05, 3.63) is 47.9 Å². The second-order valence-electron chi connectivity index (χ2n) is 7.04. The van der Waals surface area contributed by atoms with Gasteiger partial charge in [0.05, 0.1) is 17.8 Å². The van der Waals surface area contributed by atoms with E-state index in [9.17, 15) is 9.18 Å². The molecule has 0 radical (unpaired) electrons. The molecule has 1 fully saturated rings. The molecular weight excluding hydrogens is 347 g/mol. The summed E-state index contributed by atoms with van der Waals surface area (Å²) < 4.78 is 21.0. The molecule has 1 saturated carbocycles. The Morgan fingerprint density at radius 2 is 2.07 bits per heavy atom. The number of nitrogens with zero attached hydrogens (tertiary/aromatic N) is 1. The monoisotopic (exact) mass is 368 g/mol. The zero-order valence-corrected chi connectivity index (χ0v) is 14.9. The van der Waals surface area contributed by atoms with E-state index >= 15 is 0 Å². The maximum Gasteiger partial charge on any atom is 0.303 e. The number of carboxylic acids is 1. The van der Waals surface area contributed by atoms with Gasteiger partial charge in [0.2, 0.25) is 0 Å². The van der Waals surface area contributed by atoms with Crippen LogP contribution in [-0.4, -0.2) is 27.4 Å². The van der Waals surface area contributed by atoms with Crippen molar-refractivity contribution < 1.29 is 19.0 Å². The standard InChI is InChI=1S/C21H21FN2O3/c22-18-10-13(5-8-20(25)26)9-17(21(18)27-16-3-1-2-4-16)14-6-7-19-15(11-14)12-23-24-19/h6-7,9-12,16H,1-5,8H2,(H,23,24)(H,25,26). The molecule has 3 aromatic rings. The minimum Gasteiger partial charge on any atom is -0.487 e. The zero-order valence-electron chi connectivity index (χ0n) is 14.9. The van der Waals surface area contributed by atoms with Gasteiger partial charge < -0.3 is 9.84 Å². The lowest BCUT2D eigenvalue weighted by Crippen LogP contribution is -2.13. The van der Waals surface area contributed by atoms with E-state index in [2.05, 4.69) is 10.2 Å². The lowest BCUT2D eigenvalue weighted by Gasteiger charge is -2.19. The largest absolute Gasteiger partial charge is 0.487 e. The molecule has 1 aliphatic rings. The third-order valence-electron chi connectivity index (χ3n) is 5.07. The first-order valence-corrected chi connectivity index (χ1v) is 9.24. The topological polar surface area (TPSA) is 75.2 Å². The Balaban J connectivity index is 1.77. The average molecular weight is 368 g/mol. The molecule has 140 valence electrons. The Hall–Kier alpha value is -2.89. The fourth-order valence-corrected chi connectivity index (χ4v) is 3.66. The van der Waals surface area contributed by atoms with Crippen molar-refractivity contribution in [2.45, 2.75) is 44.6 Å². The molecule has 5 nitrogen and oxygen atoms in total. The number of halogens is 1. The summed E-state index contributed by atoms with van der Waals surface area (Å²) in [6.45, 7) is 0. The van der Waals surface area contributed by atoms with E-state index in [0.717, 1.165) is 42.1 Å². The summed E-state index contributed by atoms with van der Waals surface area (Å²) in [6.07, 6.45) is 6.04. The summed E-state index contributed by atoms with van der Waals surface area (Å²) in [5, 5.41) is 16.8. The minimum atomic E-state index is -0.900. The maximum atomic E-state index is 14.9. The number of carboxylic acid groups (broad SMARTS) is 1. The molecule has 27 heavy (non-hydrogen) atoms. The predicted molar refractivity (Wildman–Crippen MR) is 100 cm³/mol. The van der Waals surface area contributed by atoms with E-state index in [4.69, 9.17) is 9.84 Å². The predicted octanol–water partition coefficient (Wildman–Crippen LogP) is 4.71. The van der Waals surface area contributed by atoms with Crippen molar-refractivity contribution in [2.75, 3.05) is 0 Å². The maximum absolute atomic E-state index is 14.9. The number of nitrogens with one attached hydrogen (secondary N) is 1. The summed E-state index contributed by atoms with van der Waals surface area (Å²) in [7, 11) is 0. The molecule has 0 saturated heterocycles. The van der Waals surface area contributed by atoms with E-state index in [1.165, 1.54) is 6.07 Å². The second kappa shape index (κ2) is 7.39.